The van der Waals surface area contributed by atoms with Crippen molar-refractivity contribution < 1.29 is 4.79 Å². The topological polar surface area (TPSA) is 57.0 Å². The molecule has 4 heteroatoms. The van der Waals surface area contributed by atoms with Crippen LogP contribution in [0.25, 0.3) is 0 Å². The molecule has 0 amide bonds. The summed E-state index contributed by atoms with van der Waals surface area (Å²) in [6, 6.07) is 11.8. The second-order valence-corrected chi connectivity index (χ2v) is 6.46. The lowest BCUT2D eigenvalue weighted by molar-refractivity contribution is 0.0900. The molecular formula is C20H21N3O. The molecule has 0 saturated carbocycles. The molecule has 2 heterocycles. The lowest BCUT2D eigenvalue weighted by Crippen LogP contribution is -2.37. The minimum Gasteiger partial charge on any atom is -0.357 e. The number of nitrogens with zero attached hydrogens (tertiary/aromatic N) is 3. The zero-order valence-electron chi connectivity index (χ0n) is 14.1. The first-order valence-corrected chi connectivity index (χ1v) is 8.31. The normalized spacial score (nSPS) is 15.1. The van der Waals surface area contributed by atoms with Crippen LogP contribution in [0.5, 0.6) is 0 Å². The van der Waals surface area contributed by atoms with Crippen molar-refractivity contribution >= 4 is 11.6 Å². The van der Waals surface area contributed by atoms with Gasteiger partial charge in [0, 0.05) is 30.8 Å². The number of nitriles is 1. The summed E-state index contributed by atoms with van der Waals surface area (Å²) < 4.78 is 0. The Morgan fingerprint density at radius 2 is 1.96 bits per heavy atom. The van der Waals surface area contributed by atoms with Crippen LogP contribution >= 0.6 is 0 Å². The summed E-state index contributed by atoms with van der Waals surface area (Å²) in [5, 5.41) is 8.84. The average molecular weight is 319 g/mol. The largest absolute Gasteiger partial charge is 0.357 e. The van der Waals surface area contributed by atoms with Crippen LogP contribution < -0.4 is 4.90 Å². The number of pyridine rings is 1. The van der Waals surface area contributed by atoms with E-state index in [0.717, 1.165) is 42.9 Å². The van der Waals surface area contributed by atoms with E-state index in [1.54, 1.807) is 12.3 Å². The lowest BCUT2D eigenvalue weighted by atomic mass is 9.87. The van der Waals surface area contributed by atoms with Crippen molar-refractivity contribution in [1.82, 2.24) is 4.98 Å². The van der Waals surface area contributed by atoms with E-state index >= 15 is 0 Å². The summed E-state index contributed by atoms with van der Waals surface area (Å²) in [5.41, 5.74) is 3.68. The molecule has 1 saturated heterocycles. The number of anilines is 1. The summed E-state index contributed by atoms with van der Waals surface area (Å²) in [7, 11) is 0. The van der Waals surface area contributed by atoms with E-state index in [2.05, 4.69) is 22.0 Å². The van der Waals surface area contributed by atoms with Gasteiger partial charge in [0.05, 0.1) is 5.56 Å². The van der Waals surface area contributed by atoms with Crippen molar-refractivity contribution in [1.29, 1.82) is 5.26 Å². The maximum atomic E-state index is 12.8. The van der Waals surface area contributed by atoms with Crippen LogP contribution in [0.4, 0.5) is 5.82 Å². The van der Waals surface area contributed by atoms with Crippen molar-refractivity contribution in [3.63, 3.8) is 0 Å². The number of carbonyl (C=O) groups excluding carboxylic acids is 1. The van der Waals surface area contributed by atoms with Crippen molar-refractivity contribution in [3.05, 3.63) is 58.8 Å². The fourth-order valence-electron chi connectivity index (χ4n) is 3.32. The Morgan fingerprint density at radius 1 is 1.21 bits per heavy atom. The number of carbonyl (C=O) groups is 1. The van der Waals surface area contributed by atoms with Gasteiger partial charge in [0.2, 0.25) is 0 Å². The molecule has 0 atom stereocenters. The van der Waals surface area contributed by atoms with Crippen molar-refractivity contribution in [2.24, 2.45) is 5.92 Å². The molecule has 0 bridgehead atoms. The zero-order valence-corrected chi connectivity index (χ0v) is 14.1. The molecule has 1 fully saturated rings. The van der Waals surface area contributed by atoms with Gasteiger partial charge in [-0.3, -0.25) is 4.79 Å². The quantitative estimate of drug-likeness (QED) is 0.810. The standard InChI is InChI=1S/C20H21N3O/c1-14-3-5-18(15(2)11-14)20(24)17-7-9-23(10-8-17)19-6-4-16(12-21)13-22-19/h3-6,11,13,17H,7-10H2,1-2H3. The molecule has 122 valence electrons. The van der Waals surface area contributed by atoms with E-state index in [9.17, 15) is 4.79 Å². The van der Waals surface area contributed by atoms with Crippen LogP contribution in [0.3, 0.4) is 0 Å². The first-order chi connectivity index (χ1) is 11.6. The Hall–Kier alpha value is -2.67. The van der Waals surface area contributed by atoms with Gasteiger partial charge in [-0.2, -0.15) is 5.26 Å². The predicted molar refractivity (Wildman–Crippen MR) is 94.1 cm³/mol. The van der Waals surface area contributed by atoms with Gasteiger partial charge in [-0.05, 0) is 44.4 Å². The van der Waals surface area contributed by atoms with Gasteiger partial charge in [-0.1, -0.05) is 23.8 Å². The molecule has 0 unspecified atom stereocenters. The van der Waals surface area contributed by atoms with Gasteiger partial charge in [0.1, 0.15) is 11.9 Å². The zero-order chi connectivity index (χ0) is 17.1. The average Bonchev–Trinajstić information content (AvgIpc) is 2.61. The molecule has 24 heavy (non-hydrogen) atoms. The Labute approximate surface area is 142 Å². The van der Waals surface area contributed by atoms with E-state index in [-0.39, 0.29) is 11.7 Å². The molecule has 0 radical (unpaired) electrons. The molecule has 3 rings (SSSR count). The van der Waals surface area contributed by atoms with Gasteiger partial charge in [0.15, 0.2) is 5.78 Å². The monoisotopic (exact) mass is 319 g/mol. The molecule has 2 aromatic rings. The Morgan fingerprint density at radius 3 is 2.54 bits per heavy atom. The molecule has 1 aromatic heterocycles. The van der Waals surface area contributed by atoms with Gasteiger partial charge in [0.25, 0.3) is 0 Å². The van der Waals surface area contributed by atoms with Crippen LogP contribution in [-0.4, -0.2) is 23.9 Å². The lowest BCUT2D eigenvalue weighted by Gasteiger charge is -2.32. The highest BCUT2D eigenvalue weighted by molar-refractivity contribution is 5.99. The number of hydrogen-bond acceptors (Lipinski definition) is 4. The fraction of sp³-hybridized carbons (Fsp3) is 0.350. The molecule has 0 aliphatic carbocycles. The number of rotatable bonds is 3. The van der Waals surface area contributed by atoms with Crippen LogP contribution in [0.2, 0.25) is 0 Å². The second kappa shape index (κ2) is 6.84. The van der Waals surface area contributed by atoms with Crippen LogP contribution in [0.15, 0.2) is 36.5 Å². The molecule has 0 N–H and O–H groups in total. The number of benzene rings is 1. The number of piperidine rings is 1. The fourth-order valence-corrected chi connectivity index (χ4v) is 3.32. The summed E-state index contributed by atoms with van der Waals surface area (Å²) in [6.07, 6.45) is 3.28. The van der Waals surface area contributed by atoms with Crippen molar-refractivity contribution in [3.8, 4) is 6.07 Å². The van der Waals surface area contributed by atoms with Gasteiger partial charge >= 0.3 is 0 Å². The van der Waals surface area contributed by atoms with E-state index in [0.29, 0.717) is 5.56 Å². The summed E-state index contributed by atoms with van der Waals surface area (Å²) in [4.78, 5) is 19.3. The highest BCUT2D eigenvalue weighted by atomic mass is 16.1. The molecule has 1 aromatic carbocycles. The van der Waals surface area contributed by atoms with Crippen molar-refractivity contribution in [2.45, 2.75) is 26.7 Å². The van der Waals surface area contributed by atoms with E-state index < -0.39 is 0 Å². The Kier molecular flexibility index (Phi) is 4.61. The summed E-state index contributed by atoms with van der Waals surface area (Å²) in [6.45, 7) is 5.70. The number of Topliss-reactive ketones (excluding diaryl/α,β-unsaturated/α-hetero) is 1. The number of aryl methyl sites for hydroxylation is 2. The van der Waals surface area contributed by atoms with Crippen molar-refractivity contribution in [2.75, 3.05) is 18.0 Å². The third kappa shape index (κ3) is 3.30. The molecular weight excluding hydrogens is 298 g/mol. The maximum absolute atomic E-state index is 12.8. The van der Waals surface area contributed by atoms with Gasteiger partial charge in [-0.15, -0.1) is 0 Å². The Balaban J connectivity index is 1.66. The molecule has 1 aliphatic rings. The van der Waals surface area contributed by atoms with Crippen LogP contribution in [0, 0.1) is 31.1 Å². The number of hydrogen-bond donors (Lipinski definition) is 0. The number of aromatic nitrogens is 1. The number of ketones is 1. The highest BCUT2D eigenvalue weighted by Gasteiger charge is 2.27. The van der Waals surface area contributed by atoms with Crippen LogP contribution in [-0.2, 0) is 0 Å². The highest BCUT2D eigenvalue weighted by Crippen LogP contribution is 2.26. The minimum absolute atomic E-state index is 0.0843. The minimum atomic E-state index is 0.0843. The first kappa shape index (κ1) is 16.2. The SMILES string of the molecule is Cc1ccc(C(=O)C2CCN(c3ccc(C#N)cn3)CC2)c(C)c1. The Bertz CT molecular complexity index is 782. The molecule has 0 spiro atoms. The smallest absolute Gasteiger partial charge is 0.166 e. The summed E-state index contributed by atoms with van der Waals surface area (Å²) >= 11 is 0. The third-order valence-electron chi connectivity index (χ3n) is 4.71. The van der Waals surface area contributed by atoms with Crippen LogP contribution in [0.1, 0.15) is 39.9 Å². The van der Waals surface area contributed by atoms with Gasteiger partial charge < -0.3 is 4.90 Å². The first-order valence-electron chi connectivity index (χ1n) is 8.31. The van der Waals surface area contributed by atoms with E-state index in [4.69, 9.17) is 5.26 Å². The predicted octanol–water partition coefficient (Wildman–Crippen LogP) is 3.67. The summed E-state index contributed by atoms with van der Waals surface area (Å²) in [5.74, 6) is 1.23. The second-order valence-electron chi connectivity index (χ2n) is 6.46. The third-order valence-corrected chi connectivity index (χ3v) is 4.71. The van der Waals surface area contributed by atoms with E-state index in [1.165, 1.54) is 5.56 Å². The molecule has 1 aliphatic heterocycles. The van der Waals surface area contributed by atoms with E-state index in [1.807, 2.05) is 32.0 Å². The molecule has 4 nitrogen and oxygen atoms in total. The van der Waals surface area contributed by atoms with Gasteiger partial charge in [-0.25, -0.2) is 4.98 Å². The maximum Gasteiger partial charge on any atom is 0.166 e.